The molecule has 2 heterocycles. The molecule has 3 aromatic rings. The van der Waals surface area contributed by atoms with Gasteiger partial charge in [-0.1, -0.05) is 24.3 Å². The van der Waals surface area contributed by atoms with Gasteiger partial charge in [0.2, 0.25) is 0 Å². The number of Topliss-reactive ketones (excluding diaryl/α,β-unsaturated/α-hetero) is 1. The van der Waals surface area contributed by atoms with Gasteiger partial charge in [-0.2, -0.15) is 0 Å². The van der Waals surface area contributed by atoms with E-state index in [9.17, 15) is 4.79 Å². The maximum absolute atomic E-state index is 11.9. The van der Waals surface area contributed by atoms with E-state index in [1.165, 1.54) is 36.1 Å². The number of ketones is 1. The Hall–Kier alpha value is -2.39. The number of carbonyl (C=O) groups excluding carboxylic acids is 1. The third-order valence-corrected chi connectivity index (χ3v) is 6.26. The van der Waals surface area contributed by atoms with Gasteiger partial charge >= 0.3 is 0 Å². The summed E-state index contributed by atoms with van der Waals surface area (Å²) in [5.41, 5.74) is 5.41. The van der Waals surface area contributed by atoms with E-state index in [1.54, 1.807) is 0 Å². The molecule has 0 unspecified atom stereocenters. The molecule has 0 radical (unpaired) electrons. The standard InChI is InChI=1S/C24H25NO2/c1-16-3-2-11-25(16)12-10-21-15-20-14-18(6-9-24(20)27-21)17-4-7-22-19(13-17)5-8-23(22)26/h4,6-7,9,13-16H,2-3,5,8,10-12H2,1H3/t16-/m1/s1. The molecule has 3 heteroatoms. The molecule has 2 aliphatic rings. The van der Waals surface area contributed by atoms with Crippen molar-refractivity contribution < 1.29 is 9.21 Å². The lowest BCUT2D eigenvalue weighted by Gasteiger charge is -2.19. The predicted molar refractivity (Wildman–Crippen MR) is 108 cm³/mol. The molecule has 1 aliphatic carbocycles. The molecular formula is C24H25NO2. The molecule has 1 fully saturated rings. The zero-order valence-corrected chi connectivity index (χ0v) is 15.8. The SMILES string of the molecule is C[C@@H]1CCCN1CCc1cc2cc(-c3ccc4c(c3)CCC4=O)ccc2o1. The van der Waals surface area contributed by atoms with Gasteiger partial charge < -0.3 is 9.32 Å². The average molecular weight is 359 g/mol. The lowest BCUT2D eigenvalue weighted by molar-refractivity contribution is 0.0994. The first-order valence-electron chi connectivity index (χ1n) is 10.1. The molecule has 1 aromatic heterocycles. The molecule has 0 spiro atoms. The minimum absolute atomic E-state index is 0.277. The van der Waals surface area contributed by atoms with Gasteiger partial charge in [-0.25, -0.2) is 0 Å². The first-order chi connectivity index (χ1) is 13.2. The second-order valence-corrected chi connectivity index (χ2v) is 8.04. The number of nitrogens with zero attached hydrogens (tertiary/aromatic N) is 1. The highest BCUT2D eigenvalue weighted by Gasteiger charge is 2.21. The third kappa shape index (κ3) is 3.10. The summed E-state index contributed by atoms with van der Waals surface area (Å²) in [5.74, 6) is 1.35. The quantitative estimate of drug-likeness (QED) is 0.637. The summed E-state index contributed by atoms with van der Waals surface area (Å²) in [4.78, 5) is 14.4. The first kappa shape index (κ1) is 16.8. The maximum atomic E-state index is 11.9. The van der Waals surface area contributed by atoms with Crippen LogP contribution in [-0.4, -0.2) is 29.8 Å². The van der Waals surface area contributed by atoms with Crippen molar-refractivity contribution in [2.75, 3.05) is 13.1 Å². The van der Waals surface area contributed by atoms with Gasteiger partial charge in [0.15, 0.2) is 5.78 Å². The smallest absolute Gasteiger partial charge is 0.163 e. The van der Waals surface area contributed by atoms with Crippen LogP contribution >= 0.6 is 0 Å². The van der Waals surface area contributed by atoms with Crippen LogP contribution < -0.4 is 0 Å². The van der Waals surface area contributed by atoms with Gasteiger partial charge in [0.05, 0.1) is 0 Å². The summed E-state index contributed by atoms with van der Waals surface area (Å²) in [7, 11) is 0. The van der Waals surface area contributed by atoms with Gasteiger partial charge in [-0.3, -0.25) is 4.79 Å². The van der Waals surface area contributed by atoms with Crippen LogP contribution in [0.1, 0.15) is 47.9 Å². The van der Waals surface area contributed by atoms with Crippen LogP contribution in [0.4, 0.5) is 0 Å². The molecule has 27 heavy (non-hydrogen) atoms. The fraction of sp³-hybridized carbons (Fsp3) is 0.375. The van der Waals surface area contributed by atoms with Gasteiger partial charge in [0, 0.05) is 36.4 Å². The Bertz CT molecular complexity index is 1020. The van der Waals surface area contributed by atoms with Gasteiger partial charge in [-0.15, -0.1) is 0 Å². The molecule has 138 valence electrons. The van der Waals surface area contributed by atoms with Crippen molar-refractivity contribution in [3.05, 3.63) is 59.4 Å². The van der Waals surface area contributed by atoms with Crippen LogP contribution in [0.15, 0.2) is 46.9 Å². The van der Waals surface area contributed by atoms with Crippen LogP contribution in [-0.2, 0) is 12.8 Å². The number of likely N-dealkylation sites (tertiary alicyclic amines) is 1. The second kappa shape index (κ2) is 6.65. The maximum Gasteiger partial charge on any atom is 0.163 e. The highest BCUT2D eigenvalue weighted by atomic mass is 16.3. The molecular weight excluding hydrogens is 334 g/mol. The topological polar surface area (TPSA) is 33.5 Å². The number of benzene rings is 2. The average Bonchev–Trinajstić information content (AvgIpc) is 3.37. The summed E-state index contributed by atoms with van der Waals surface area (Å²) < 4.78 is 6.07. The third-order valence-electron chi connectivity index (χ3n) is 6.26. The van der Waals surface area contributed by atoms with Crippen molar-refractivity contribution in [1.82, 2.24) is 4.90 Å². The fourth-order valence-electron chi connectivity index (χ4n) is 4.61. The largest absolute Gasteiger partial charge is 0.461 e. The predicted octanol–water partition coefficient (Wildman–Crippen LogP) is 5.26. The molecule has 3 nitrogen and oxygen atoms in total. The van der Waals surface area contributed by atoms with E-state index in [0.29, 0.717) is 12.5 Å². The summed E-state index contributed by atoms with van der Waals surface area (Å²) in [5, 5.41) is 1.16. The van der Waals surface area contributed by atoms with Crippen LogP contribution in [0, 0.1) is 0 Å². The Labute approximate surface area is 160 Å². The molecule has 0 amide bonds. The molecule has 1 atom stereocenters. The molecule has 0 N–H and O–H groups in total. The Balaban J connectivity index is 1.38. The Kier molecular flexibility index (Phi) is 4.13. The van der Waals surface area contributed by atoms with E-state index in [0.717, 1.165) is 41.7 Å². The normalized spacial score (nSPS) is 19.9. The van der Waals surface area contributed by atoms with E-state index in [1.807, 2.05) is 6.07 Å². The number of hydrogen-bond donors (Lipinski definition) is 0. The van der Waals surface area contributed by atoms with Crippen LogP contribution in [0.3, 0.4) is 0 Å². The highest BCUT2D eigenvalue weighted by Crippen LogP contribution is 2.31. The van der Waals surface area contributed by atoms with Gasteiger partial charge in [-0.05, 0) is 67.6 Å². The minimum Gasteiger partial charge on any atom is -0.461 e. The van der Waals surface area contributed by atoms with E-state index >= 15 is 0 Å². The van der Waals surface area contributed by atoms with Crippen molar-refractivity contribution in [1.29, 1.82) is 0 Å². The van der Waals surface area contributed by atoms with Crippen molar-refractivity contribution in [2.45, 2.75) is 45.1 Å². The molecule has 0 bridgehead atoms. The number of aryl methyl sites for hydroxylation is 1. The molecule has 0 saturated carbocycles. The monoisotopic (exact) mass is 359 g/mol. The van der Waals surface area contributed by atoms with Crippen LogP contribution in [0.25, 0.3) is 22.1 Å². The highest BCUT2D eigenvalue weighted by molar-refractivity contribution is 6.01. The number of furan rings is 1. The first-order valence-corrected chi connectivity index (χ1v) is 10.1. The van der Waals surface area contributed by atoms with E-state index < -0.39 is 0 Å². The minimum atomic E-state index is 0.277. The van der Waals surface area contributed by atoms with Crippen molar-refractivity contribution in [3.8, 4) is 11.1 Å². The van der Waals surface area contributed by atoms with Crippen molar-refractivity contribution in [3.63, 3.8) is 0 Å². The zero-order chi connectivity index (χ0) is 18.4. The summed E-state index contributed by atoms with van der Waals surface area (Å²) in [6.45, 7) is 4.61. The number of carbonyl (C=O) groups is 1. The summed E-state index contributed by atoms with van der Waals surface area (Å²) in [6, 6.07) is 15.5. The van der Waals surface area contributed by atoms with E-state index in [2.05, 4.69) is 48.2 Å². The molecule has 1 aliphatic heterocycles. The summed E-state index contributed by atoms with van der Waals surface area (Å²) >= 11 is 0. The number of rotatable bonds is 4. The van der Waals surface area contributed by atoms with E-state index in [-0.39, 0.29) is 5.78 Å². The summed E-state index contributed by atoms with van der Waals surface area (Å²) in [6.07, 6.45) is 5.12. The Morgan fingerprint density at radius 3 is 2.78 bits per heavy atom. The van der Waals surface area contributed by atoms with Crippen molar-refractivity contribution in [2.24, 2.45) is 0 Å². The van der Waals surface area contributed by atoms with Crippen LogP contribution in [0.2, 0.25) is 0 Å². The fourth-order valence-corrected chi connectivity index (χ4v) is 4.61. The number of fused-ring (bicyclic) bond motifs is 2. The number of hydrogen-bond acceptors (Lipinski definition) is 3. The molecule has 5 rings (SSSR count). The van der Waals surface area contributed by atoms with Crippen LogP contribution in [0.5, 0.6) is 0 Å². The molecule has 1 saturated heterocycles. The molecule has 2 aromatic carbocycles. The van der Waals surface area contributed by atoms with Gasteiger partial charge in [0.25, 0.3) is 0 Å². The Morgan fingerprint density at radius 2 is 1.93 bits per heavy atom. The zero-order valence-electron chi connectivity index (χ0n) is 15.8. The van der Waals surface area contributed by atoms with Gasteiger partial charge in [0.1, 0.15) is 11.3 Å². The Morgan fingerprint density at radius 1 is 1.07 bits per heavy atom. The van der Waals surface area contributed by atoms with E-state index in [4.69, 9.17) is 4.42 Å². The van der Waals surface area contributed by atoms with Crippen molar-refractivity contribution >= 4 is 16.8 Å². The second-order valence-electron chi connectivity index (χ2n) is 8.04. The lowest BCUT2D eigenvalue weighted by atomic mass is 9.99. The lowest BCUT2D eigenvalue weighted by Crippen LogP contribution is -2.28.